The van der Waals surface area contributed by atoms with Crippen LogP contribution in [0.3, 0.4) is 0 Å². The number of nitrogens with zero attached hydrogens (tertiary/aromatic N) is 6. The monoisotopic (exact) mass is 628 g/mol. The van der Waals surface area contributed by atoms with Crippen LogP contribution in [0.4, 0.5) is 0 Å². The molecule has 0 bridgehead atoms. The normalized spacial score (nSPS) is 10.9. The largest absolute Gasteiger partial charge is 0.506 e. The maximum absolute atomic E-state index is 13.2. The lowest BCUT2D eigenvalue weighted by Crippen LogP contribution is -2.29. The molecule has 0 unspecified atom stereocenters. The minimum Gasteiger partial charge on any atom is -0.506 e. The van der Waals surface area contributed by atoms with Gasteiger partial charge >= 0.3 is 0 Å². The SMILES string of the molecule is Cc1ncnc2c1c(O)c(-c1ccccc1)c(=O)n2O.Cc1ncnc2c1c(O)c(-c1ccccc1)c(=O)n2OCc1ccccc1. The van der Waals surface area contributed by atoms with Crippen LogP contribution in [-0.4, -0.2) is 44.8 Å². The van der Waals surface area contributed by atoms with Gasteiger partial charge < -0.3 is 20.3 Å². The number of aromatic nitrogens is 6. The molecule has 0 aliphatic rings. The molecule has 234 valence electrons. The van der Waals surface area contributed by atoms with Crippen molar-refractivity contribution in [3.8, 4) is 33.8 Å². The highest BCUT2D eigenvalue weighted by Gasteiger charge is 2.22. The summed E-state index contributed by atoms with van der Waals surface area (Å²) in [5.74, 6) is -0.363. The van der Waals surface area contributed by atoms with E-state index in [-0.39, 0.29) is 45.9 Å². The van der Waals surface area contributed by atoms with E-state index in [0.29, 0.717) is 32.6 Å². The number of benzene rings is 3. The molecule has 12 nitrogen and oxygen atoms in total. The Morgan fingerprint density at radius 2 is 1.06 bits per heavy atom. The van der Waals surface area contributed by atoms with E-state index in [4.69, 9.17) is 4.84 Å². The Morgan fingerprint density at radius 1 is 0.617 bits per heavy atom. The first-order valence-electron chi connectivity index (χ1n) is 14.4. The van der Waals surface area contributed by atoms with Crippen LogP contribution >= 0.6 is 0 Å². The summed E-state index contributed by atoms with van der Waals surface area (Å²) >= 11 is 0. The van der Waals surface area contributed by atoms with Crippen LogP contribution in [0.2, 0.25) is 0 Å². The second-order valence-corrected chi connectivity index (χ2v) is 10.5. The number of aromatic hydroxyl groups is 2. The second kappa shape index (κ2) is 12.8. The van der Waals surface area contributed by atoms with Gasteiger partial charge in [-0.2, -0.15) is 0 Å². The fourth-order valence-corrected chi connectivity index (χ4v) is 5.21. The van der Waals surface area contributed by atoms with Gasteiger partial charge in [0.2, 0.25) is 0 Å². The van der Waals surface area contributed by atoms with Crippen molar-refractivity contribution in [3.63, 3.8) is 0 Å². The first-order valence-corrected chi connectivity index (χ1v) is 14.4. The van der Waals surface area contributed by atoms with Crippen LogP contribution in [-0.2, 0) is 6.61 Å². The van der Waals surface area contributed by atoms with Crippen LogP contribution < -0.4 is 16.0 Å². The van der Waals surface area contributed by atoms with Crippen molar-refractivity contribution >= 4 is 22.1 Å². The third-order valence-electron chi connectivity index (χ3n) is 7.51. The van der Waals surface area contributed by atoms with E-state index in [1.54, 1.807) is 56.3 Å². The van der Waals surface area contributed by atoms with Crippen LogP contribution in [0.1, 0.15) is 17.0 Å². The molecule has 0 aliphatic heterocycles. The van der Waals surface area contributed by atoms with Gasteiger partial charge in [0.25, 0.3) is 11.1 Å². The van der Waals surface area contributed by atoms with Crippen molar-refractivity contribution in [1.29, 1.82) is 0 Å². The van der Waals surface area contributed by atoms with Crippen molar-refractivity contribution in [3.05, 3.63) is 141 Å². The maximum Gasteiger partial charge on any atom is 0.296 e. The molecule has 0 spiro atoms. The minimum absolute atomic E-state index is 0.0142. The zero-order valence-corrected chi connectivity index (χ0v) is 25.3. The standard InChI is InChI=1S/C21H17N3O3.C14H11N3O3/c1-14-17-19(25)18(16-10-6-3-7-11-16)21(26)24(20(17)23-13-22-14)27-12-15-8-4-2-5-9-15;1-8-10-12(18)11(9-5-3-2-4-6-9)14(19)17(20)13(10)16-7-15-8/h2-11,13,25H,12H2,1H3;2-7,18,20H,1H3. The Hall–Kier alpha value is -6.56. The Bertz CT molecular complexity index is 2340. The Morgan fingerprint density at radius 3 is 1.60 bits per heavy atom. The van der Waals surface area contributed by atoms with E-state index in [1.807, 2.05) is 48.5 Å². The number of fused-ring (bicyclic) bond motifs is 2. The van der Waals surface area contributed by atoms with E-state index < -0.39 is 11.1 Å². The summed E-state index contributed by atoms with van der Waals surface area (Å²) in [4.78, 5) is 47.3. The summed E-state index contributed by atoms with van der Waals surface area (Å²) in [7, 11) is 0. The average molecular weight is 629 g/mol. The van der Waals surface area contributed by atoms with Crippen LogP contribution in [0.5, 0.6) is 11.5 Å². The number of pyridine rings is 2. The van der Waals surface area contributed by atoms with Crippen molar-refractivity contribution in [1.82, 2.24) is 29.4 Å². The van der Waals surface area contributed by atoms with Gasteiger partial charge in [-0.05, 0) is 30.5 Å². The van der Waals surface area contributed by atoms with Gasteiger partial charge in [0.1, 0.15) is 30.8 Å². The van der Waals surface area contributed by atoms with Gasteiger partial charge in [-0.25, -0.2) is 19.9 Å². The number of hydrogen-bond donors (Lipinski definition) is 3. The first-order chi connectivity index (χ1) is 22.8. The highest BCUT2D eigenvalue weighted by atomic mass is 16.7. The Balaban J connectivity index is 0.000000172. The van der Waals surface area contributed by atoms with Gasteiger partial charge in [-0.1, -0.05) is 91.0 Å². The predicted molar refractivity (Wildman–Crippen MR) is 175 cm³/mol. The molecule has 47 heavy (non-hydrogen) atoms. The van der Waals surface area contributed by atoms with Gasteiger partial charge in [0, 0.05) is 0 Å². The van der Waals surface area contributed by atoms with E-state index in [0.717, 1.165) is 10.3 Å². The van der Waals surface area contributed by atoms with Crippen molar-refractivity contribution in [2.75, 3.05) is 0 Å². The van der Waals surface area contributed by atoms with Crippen molar-refractivity contribution < 1.29 is 20.3 Å². The molecule has 4 heterocycles. The highest BCUT2D eigenvalue weighted by molar-refractivity contribution is 5.92. The lowest BCUT2D eigenvalue weighted by Gasteiger charge is -2.15. The topological polar surface area (TPSA) is 165 Å². The van der Waals surface area contributed by atoms with Gasteiger partial charge in [-0.3, -0.25) is 9.59 Å². The maximum atomic E-state index is 13.2. The molecular formula is C35H28N6O6. The summed E-state index contributed by atoms with van der Waals surface area (Å²) in [6.07, 6.45) is 2.58. The van der Waals surface area contributed by atoms with Crippen molar-refractivity contribution in [2.45, 2.75) is 20.5 Å². The molecular weight excluding hydrogens is 600 g/mol. The number of aryl methyl sites for hydroxylation is 2. The summed E-state index contributed by atoms with van der Waals surface area (Å²) in [6, 6.07) is 27.2. The predicted octanol–water partition coefficient (Wildman–Crippen LogP) is 4.81. The molecule has 7 aromatic rings. The molecule has 0 saturated heterocycles. The van der Waals surface area contributed by atoms with Gasteiger partial charge in [0.05, 0.1) is 33.3 Å². The molecule has 7 rings (SSSR count). The second-order valence-electron chi connectivity index (χ2n) is 10.5. The average Bonchev–Trinajstić information content (AvgIpc) is 3.09. The summed E-state index contributed by atoms with van der Waals surface area (Å²) in [6.45, 7) is 3.62. The smallest absolute Gasteiger partial charge is 0.296 e. The lowest BCUT2D eigenvalue weighted by atomic mass is 10.0. The quantitative estimate of drug-likeness (QED) is 0.225. The zero-order chi connectivity index (χ0) is 33.1. The van der Waals surface area contributed by atoms with Crippen molar-refractivity contribution in [2.24, 2.45) is 0 Å². The fourth-order valence-electron chi connectivity index (χ4n) is 5.21. The summed E-state index contributed by atoms with van der Waals surface area (Å²) < 4.78 is 1.57. The van der Waals surface area contributed by atoms with Gasteiger partial charge in [-0.15, -0.1) is 9.46 Å². The molecule has 0 fully saturated rings. The third-order valence-corrected chi connectivity index (χ3v) is 7.51. The molecule has 0 saturated carbocycles. The molecule has 0 radical (unpaired) electrons. The Kier molecular flexibility index (Phi) is 8.31. The number of rotatable bonds is 5. The Labute approximate surface area is 267 Å². The van der Waals surface area contributed by atoms with Crippen LogP contribution in [0, 0.1) is 13.8 Å². The van der Waals surface area contributed by atoms with Gasteiger partial charge in [0.15, 0.2) is 11.3 Å². The molecule has 12 heteroatoms. The fraction of sp³-hybridized carbons (Fsp3) is 0.0857. The van der Waals surface area contributed by atoms with E-state index in [1.165, 1.54) is 12.7 Å². The third kappa shape index (κ3) is 5.71. The summed E-state index contributed by atoms with van der Waals surface area (Å²) in [5.41, 5.74) is 2.29. The molecule has 3 N–H and O–H groups in total. The first kappa shape index (κ1) is 30.5. The molecule has 4 aromatic heterocycles. The molecule has 0 amide bonds. The van der Waals surface area contributed by atoms with E-state index in [9.17, 15) is 25.0 Å². The lowest BCUT2D eigenvalue weighted by molar-refractivity contribution is 0.0980. The van der Waals surface area contributed by atoms with E-state index >= 15 is 0 Å². The highest BCUT2D eigenvalue weighted by Crippen LogP contribution is 2.34. The molecule has 0 aliphatic carbocycles. The van der Waals surface area contributed by atoms with E-state index in [2.05, 4.69) is 19.9 Å². The molecule has 3 aromatic carbocycles. The zero-order valence-electron chi connectivity index (χ0n) is 25.3. The molecule has 0 atom stereocenters. The summed E-state index contributed by atoms with van der Waals surface area (Å²) in [5, 5.41) is 31.8. The minimum atomic E-state index is -0.723. The van der Waals surface area contributed by atoms with Crippen LogP contribution in [0.25, 0.3) is 44.3 Å². The van der Waals surface area contributed by atoms with Crippen LogP contribution in [0.15, 0.2) is 113 Å². The number of hydrogen-bond acceptors (Lipinski definition) is 10.